The Balaban J connectivity index is 1.68. The highest BCUT2D eigenvalue weighted by Crippen LogP contribution is 2.34. The van der Waals surface area contributed by atoms with Crippen molar-refractivity contribution >= 4 is 17.8 Å². The Kier molecular flexibility index (Phi) is 5.95. The predicted molar refractivity (Wildman–Crippen MR) is 125 cm³/mol. The van der Waals surface area contributed by atoms with Crippen LogP contribution in [0.2, 0.25) is 0 Å². The number of hydrogen-bond donors (Lipinski definition) is 1. The summed E-state index contributed by atoms with van der Waals surface area (Å²) in [5.41, 5.74) is 8.63. The van der Waals surface area contributed by atoms with Gasteiger partial charge in [0.2, 0.25) is 17.4 Å². The summed E-state index contributed by atoms with van der Waals surface area (Å²) in [5, 5.41) is 0. The fraction of sp³-hybridized carbons (Fsp3) is 0.292. The molecule has 4 rings (SSSR count). The van der Waals surface area contributed by atoms with Crippen molar-refractivity contribution < 1.29 is 9.59 Å². The van der Waals surface area contributed by atoms with Gasteiger partial charge < -0.3 is 20.1 Å². The number of benzene rings is 1. The van der Waals surface area contributed by atoms with Gasteiger partial charge in [-0.3, -0.25) is 14.4 Å². The van der Waals surface area contributed by atoms with Crippen LogP contribution in [0.15, 0.2) is 53.6 Å². The fourth-order valence-corrected chi connectivity index (χ4v) is 4.05. The Morgan fingerprint density at radius 2 is 1.94 bits per heavy atom. The van der Waals surface area contributed by atoms with Crippen molar-refractivity contribution in [2.45, 2.75) is 12.3 Å². The summed E-state index contributed by atoms with van der Waals surface area (Å²) in [5.74, 6) is -0.0514. The second kappa shape index (κ2) is 8.85. The lowest BCUT2D eigenvalue weighted by Crippen LogP contribution is -2.30. The van der Waals surface area contributed by atoms with E-state index in [4.69, 9.17) is 10.7 Å². The molecule has 2 aromatic heterocycles. The molecule has 2 amide bonds. The van der Waals surface area contributed by atoms with E-state index in [-0.39, 0.29) is 17.4 Å². The highest BCUT2D eigenvalue weighted by Gasteiger charge is 2.31. The number of anilines is 1. The topological polar surface area (TPSA) is 114 Å². The second-order valence-electron chi connectivity index (χ2n) is 8.41. The maximum atomic E-state index is 13.1. The van der Waals surface area contributed by atoms with Crippen LogP contribution in [0.3, 0.4) is 0 Å². The van der Waals surface area contributed by atoms with Gasteiger partial charge in [0.1, 0.15) is 0 Å². The Labute approximate surface area is 191 Å². The first-order valence-corrected chi connectivity index (χ1v) is 10.6. The van der Waals surface area contributed by atoms with E-state index in [2.05, 4.69) is 4.98 Å². The molecule has 0 aliphatic carbocycles. The number of nitrogens with two attached hydrogens (primary N) is 1. The molecular formula is C24H26N6O3. The summed E-state index contributed by atoms with van der Waals surface area (Å²) in [6, 6.07) is 10.0. The van der Waals surface area contributed by atoms with Gasteiger partial charge in [-0.25, -0.2) is 9.97 Å². The molecule has 1 aliphatic heterocycles. The van der Waals surface area contributed by atoms with E-state index in [1.54, 1.807) is 48.6 Å². The predicted octanol–water partition coefficient (Wildman–Crippen LogP) is 1.64. The zero-order valence-corrected chi connectivity index (χ0v) is 18.9. The molecule has 9 nitrogen and oxygen atoms in total. The van der Waals surface area contributed by atoms with Crippen LogP contribution in [-0.2, 0) is 7.05 Å². The van der Waals surface area contributed by atoms with Crippen molar-refractivity contribution in [3.05, 3.63) is 76.0 Å². The summed E-state index contributed by atoms with van der Waals surface area (Å²) < 4.78 is 1.40. The maximum Gasteiger partial charge on any atom is 0.255 e. The summed E-state index contributed by atoms with van der Waals surface area (Å²) in [6.45, 7) is 1.07. The SMILES string of the molecule is CN(C)c1ncc(-c2cccc(C(N)=O)c2)c([C@@H]2CCN(C(=O)c3ccc(=O)n(C)c3)C2)n1. The molecule has 3 aromatic rings. The van der Waals surface area contributed by atoms with Crippen LogP contribution in [0.5, 0.6) is 0 Å². The van der Waals surface area contributed by atoms with Gasteiger partial charge >= 0.3 is 0 Å². The third-order valence-corrected chi connectivity index (χ3v) is 5.86. The molecule has 0 unspecified atom stereocenters. The number of likely N-dealkylation sites (tertiary alicyclic amines) is 1. The minimum atomic E-state index is -0.501. The van der Waals surface area contributed by atoms with Crippen LogP contribution < -0.4 is 16.2 Å². The van der Waals surface area contributed by atoms with Crippen molar-refractivity contribution in [3.8, 4) is 11.1 Å². The molecule has 1 atom stereocenters. The van der Waals surface area contributed by atoms with E-state index in [1.165, 1.54) is 10.6 Å². The zero-order chi connectivity index (χ0) is 23.7. The minimum absolute atomic E-state index is 0.00424. The second-order valence-corrected chi connectivity index (χ2v) is 8.41. The van der Waals surface area contributed by atoms with Crippen molar-refractivity contribution in [1.82, 2.24) is 19.4 Å². The van der Waals surface area contributed by atoms with Gasteiger partial charge in [-0.05, 0) is 30.2 Å². The van der Waals surface area contributed by atoms with Gasteiger partial charge in [0, 0.05) is 69.7 Å². The number of nitrogens with zero attached hydrogens (tertiary/aromatic N) is 5. The van der Waals surface area contributed by atoms with E-state index < -0.39 is 5.91 Å². The molecule has 1 fully saturated rings. The number of carbonyl (C=O) groups excluding carboxylic acids is 2. The maximum absolute atomic E-state index is 13.1. The average Bonchev–Trinajstić information content (AvgIpc) is 3.30. The molecule has 0 radical (unpaired) electrons. The van der Waals surface area contributed by atoms with Crippen LogP contribution in [-0.4, -0.2) is 58.4 Å². The van der Waals surface area contributed by atoms with E-state index >= 15 is 0 Å². The first kappa shape index (κ1) is 22.2. The molecule has 170 valence electrons. The molecule has 1 aliphatic rings. The molecule has 3 heterocycles. The highest BCUT2D eigenvalue weighted by molar-refractivity contribution is 5.95. The van der Waals surface area contributed by atoms with Gasteiger partial charge in [-0.15, -0.1) is 0 Å². The highest BCUT2D eigenvalue weighted by atomic mass is 16.2. The van der Waals surface area contributed by atoms with E-state index in [0.717, 1.165) is 23.2 Å². The molecule has 0 spiro atoms. The molecule has 0 bridgehead atoms. The number of aromatic nitrogens is 3. The van der Waals surface area contributed by atoms with Gasteiger partial charge in [0.25, 0.3) is 5.91 Å². The molecule has 9 heteroatoms. The lowest BCUT2D eigenvalue weighted by atomic mass is 9.95. The van der Waals surface area contributed by atoms with Crippen molar-refractivity contribution in [2.24, 2.45) is 12.8 Å². The Morgan fingerprint density at radius 1 is 1.15 bits per heavy atom. The van der Waals surface area contributed by atoms with Gasteiger partial charge in [-0.2, -0.15) is 0 Å². The first-order valence-electron chi connectivity index (χ1n) is 10.6. The smallest absolute Gasteiger partial charge is 0.255 e. The van der Waals surface area contributed by atoms with Gasteiger partial charge in [-0.1, -0.05) is 12.1 Å². The number of hydrogen-bond acceptors (Lipinski definition) is 6. The molecule has 2 N–H and O–H groups in total. The largest absolute Gasteiger partial charge is 0.366 e. The molecule has 1 aromatic carbocycles. The van der Waals surface area contributed by atoms with Crippen LogP contribution >= 0.6 is 0 Å². The number of primary amides is 1. The molecule has 33 heavy (non-hydrogen) atoms. The summed E-state index contributed by atoms with van der Waals surface area (Å²) in [4.78, 5) is 49.3. The fourth-order valence-electron chi connectivity index (χ4n) is 4.05. The Hall–Kier alpha value is -4.01. The normalized spacial score (nSPS) is 15.5. The van der Waals surface area contributed by atoms with Gasteiger partial charge in [0.15, 0.2) is 0 Å². The molecule has 0 saturated carbocycles. The summed E-state index contributed by atoms with van der Waals surface area (Å²) in [7, 11) is 5.37. The van der Waals surface area contributed by atoms with Gasteiger partial charge in [0.05, 0.1) is 11.3 Å². The summed E-state index contributed by atoms with van der Waals surface area (Å²) in [6.07, 6.45) is 4.06. The number of amides is 2. The third kappa shape index (κ3) is 4.48. The van der Waals surface area contributed by atoms with Crippen molar-refractivity contribution in [1.29, 1.82) is 0 Å². The Bertz CT molecular complexity index is 1280. The van der Waals surface area contributed by atoms with E-state index in [9.17, 15) is 14.4 Å². The van der Waals surface area contributed by atoms with Crippen LogP contribution in [0, 0.1) is 0 Å². The van der Waals surface area contributed by atoms with Crippen LogP contribution in [0.4, 0.5) is 5.95 Å². The van der Waals surface area contributed by atoms with E-state index in [0.29, 0.717) is 30.2 Å². The number of rotatable bonds is 5. The van der Waals surface area contributed by atoms with E-state index in [1.807, 2.05) is 25.1 Å². The average molecular weight is 447 g/mol. The summed E-state index contributed by atoms with van der Waals surface area (Å²) >= 11 is 0. The minimum Gasteiger partial charge on any atom is -0.366 e. The van der Waals surface area contributed by atoms with Crippen molar-refractivity contribution in [2.75, 3.05) is 32.1 Å². The number of pyridine rings is 1. The molecular weight excluding hydrogens is 420 g/mol. The van der Waals surface area contributed by atoms with Crippen LogP contribution in [0.25, 0.3) is 11.1 Å². The van der Waals surface area contributed by atoms with Crippen LogP contribution in [0.1, 0.15) is 38.7 Å². The lowest BCUT2D eigenvalue weighted by molar-refractivity contribution is 0.0789. The monoisotopic (exact) mass is 446 g/mol. The number of carbonyl (C=O) groups is 2. The van der Waals surface area contributed by atoms with Crippen molar-refractivity contribution in [3.63, 3.8) is 0 Å². The molecule has 1 saturated heterocycles. The standard InChI is InChI=1S/C24H26N6O3/c1-28(2)24-26-12-19(15-5-4-6-16(11-15)22(25)32)21(27-24)17-9-10-30(14-17)23(33)18-7-8-20(31)29(3)13-18/h4-8,11-13,17H,9-10,14H2,1-3H3,(H2,25,32)/t17-/m1/s1. The third-order valence-electron chi connectivity index (χ3n) is 5.86. The number of aryl methyl sites for hydroxylation is 1. The zero-order valence-electron chi connectivity index (χ0n) is 18.9. The Morgan fingerprint density at radius 3 is 2.64 bits per heavy atom. The quantitative estimate of drug-likeness (QED) is 0.637. The lowest BCUT2D eigenvalue weighted by Gasteiger charge is -2.20. The first-order chi connectivity index (χ1) is 15.7.